The smallest absolute Gasteiger partial charge is 0.292 e. The lowest BCUT2D eigenvalue weighted by Gasteiger charge is -1.93. The Bertz CT molecular complexity index is 330. The molecule has 0 spiro atoms. The summed E-state index contributed by atoms with van der Waals surface area (Å²) in [6, 6.07) is 6.54. The van der Waals surface area contributed by atoms with Crippen LogP contribution in [0.15, 0.2) is 24.3 Å². The largest absolute Gasteiger partial charge is 0.471 e. The predicted octanol–water partition coefficient (Wildman–Crippen LogP) is 2.28. The molecule has 15 heavy (non-hydrogen) atoms. The van der Waals surface area contributed by atoms with Crippen LogP contribution in [0.1, 0.15) is 5.56 Å². The van der Waals surface area contributed by atoms with Crippen LogP contribution in [0.3, 0.4) is 0 Å². The highest BCUT2D eigenvalue weighted by Crippen LogP contribution is 2.14. The number of hydrogen-bond acceptors (Lipinski definition) is 4. The maximum atomic E-state index is 10.3. The molecule has 0 saturated carbocycles. The maximum Gasteiger partial charge on any atom is 0.292 e. The van der Waals surface area contributed by atoms with Crippen LogP contribution in [0.2, 0.25) is 0 Å². The van der Waals surface area contributed by atoms with Crippen molar-refractivity contribution in [2.45, 2.75) is 5.33 Å². The number of ether oxygens (including phenoxy) is 1. The van der Waals surface area contributed by atoms with Crippen molar-refractivity contribution in [2.24, 2.45) is 0 Å². The fourth-order valence-electron chi connectivity index (χ4n) is 0.753. The van der Waals surface area contributed by atoms with Gasteiger partial charge in [0.2, 0.25) is 0 Å². The van der Waals surface area contributed by atoms with E-state index in [2.05, 4.69) is 20.7 Å². The standard InChI is InChI=1S/C7H6BrNO2.C2H4O2/c8-5-6-2-1-3-7(4-6)9(10)11;1-4-2-3/h1-4H,5H2;2H,1H3. The fourth-order valence-corrected chi connectivity index (χ4v) is 1.10. The van der Waals surface area contributed by atoms with Crippen molar-refractivity contribution in [3.05, 3.63) is 39.9 Å². The van der Waals surface area contributed by atoms with Gasteiger partial charge >= 0.3 is 0 Å². The Balaban J connectivity index is 0.000000423. The van der Waals surface area contributed by atoms with Gasteiger partial charge in [-0.3, -0.25) is 14.9 Å². The average molecular weight is 276 g/mol. The van der Waals surface area contributed by atoms with Crippen molar-refractivity contribution in [1.29, 1.82) is 0 Å². The summed E-state index contributed by atoms with van der Waals surface area (Å²) in [5, 5.41) is 10.9. The summed E-state index contributed by atoms with van der Waals surface area (Å²) in [6.45, 7) is 0.375. The molecular weight excluding hydrogens is 266 g/mol. The Morgan fingerprint density at radius 2 is 2.20 bits per heavy atom. The molecule has 0 atom stereocenters. The van der Waals surface area contributed by atoms with E-state index in [1.54, 1.807) is 12.1 Å². The zero-order valence-electron chi connectivity index (χ0n) is 8.05. The number of rotatable bonds is 3. The molecule has 1 rings (SSSR count). The predicted molar refractivity (Wildman–Crippen MR) is 58.8 cm³/mol. The molecule has 0 heterocycles. The molecule has 0 N–H and O–H groups in total. The van der Waals surface area contributed by atoms with Crippen LogP contribution in [0.5, 0.6) is 0 Å². The number of non-ortho nitro benzene ring substituents is 1. The van der Waals surface area contributed by atoms with Gasteiger partial charge in [-0.2, -0.15) is 0 Å². The van der Waals surface area contributed by atoms with Crippen molar-refractivity contribution in [1.82, 2.24) is 0 Å². The first kappa shape index (κ1) is 13.6. The highest BCUT2D eigenvalue weighted by molar-refractivity contribution is 9.08. The summed E-state index contributed by atoms with van der Waals surface area (Å²) >= 11 is 3.22. The molecule has 5 nitrogen and oxygen atoms in total. The zero-order chi connectivity index (χ0) is 11.7. The summed E-state index contributed by atoms with van der Waals surface area (Å²) in [6.07, 6.45) is 0. The van der Waals surface area contributed by atoms with Crippen LogP contribution in [0.25, 0.3) is 0 Å². The van der Waals surface area contributed by atoms with E-state index in [4.69, 9.17) is 4.79 Å². The van der Waals surface area contributed by atoms with Crippen molar-refractivity contribution >= 4 is 28.1 Å². The van der Waals surface area contributed by atoms with Gasteiger partial charge in [-0.15, -0.1) is 0 Å². The summed E-state index contributed by atoms with van der Waals surface area (Å²) in [5.41, 5.74) is 1.06. The number of methoxy groups -OCH3 is 1. The van der Waals surface area contributed by atoms with Crippen molar-refractivity contribution < 1.29 is 14.5 Å². The number of nitro groups is 1. The Kier molecular flexibility index (Phi) is 7.17. The Labute approximate surface area is 95.3 Å². The van der Waals surface area contributed by atoms with Gasteiger partial charge in [0.25, 0.3) is 12.2 Å². The number of hydrogen-bond donors (Lipinski definition) is 0. The molecule has 0 aliphatic carbocycles. The molecule has 0 radical (unpaired) electrons. The van der Waals surface area contributed by atoms with Gasteiger partial charge in [0, 0.05) is 17.5 Å². The molecule has 0 aliphatic rings. The molecule has 0 saturated heterocycles. The van der Waals surface area contributed by atoms with Crippen molar-refractivity contribution in [3.8, 4) is 0 Å². The number of carbonyl (C=O) groups is 1. The molecule has 6 heteroatoms. The third kappa shape index (κ3) is 5.79. The van der Waals surface area contributed by atoms with Gasteiger partial charge in [0.1, 0.15) is 0 Å². The number of halogens is 1. The number of carbonyl (C=O) groups excluding carboxylic acids is 1. The third-order valence-corrected chi connectivity index (χ3v) is 2.02. The number of nitro benzene ring substituents is 1. The quantitative estimate of drug-likeness (QED) is 0.367. The monoisotopic (exact) mass is 275 g/mol. The highest BCUT2D eigenvalue weighted by atomic mass is 79.9. The first-order valence-electron chi connectivity index (χ1n) is 3.91. The molecule has 0 fully saturated rings. The van der Waals surface area contributed by atoms with Crippen molar-refractivity contribution in [2.75, 3.05) is 7.11 Å². The minimum Gasteiger partial charge on any atom is -0.471 e. The van der Waals surface area contributed by atoms with Crippen LogP contribution >= 0.6 is 15.9 Å². The molecule has 0 amide bonds. The van der Waals surface area contributed by atoms with E-state index in [0.717, 1.165) is 5.56 Å². The summed E-state index contributed by atoms with van der Waals surface area (Å²) < 4.78 is 3.86. The van der Waals surface area contributed by atoms with Gasteiger partial charge in [0.05, 0.1) is 12.0 Å². The van der Waals surface area contributed by atoms with Gasteiger partial charge in [0.15, 0.2) is 0 Å². The molecule has 0 unspecified atom stereocenters. The van der Waals surface area contributed by atoms with Crippen molar-refractivity contribution in [3.63, 3.8) is 0 Å². The SMILES string of the molecule is COC=O.O=[N+]([O-])c1cccc(CBr)c1. The topological polar surface area (TPSA) is 69.4 Å². The minimum absolute atomic E-state index is 0.141. The van der Waals surface area contributed by atoms with Gasteiger partial charge < -0.3 is 4.74 Å². The summed E-state index contributed by atoms with van der Waals surface area (Å²) in [5.74, 6) is 0. The number of alkyl halides is 1. The lowest BCUT2D eigenvalue weighted by Crippen LogP contribution is -1.88. The molecule has 1 aromatic rings. The lowest BCUT2D eigenvalue weighted by atomic mass is 10.2. The van der Waals surface area contributed by atoms with E-state index in [1.165, 1.54) is 13.2 Å². The van der Waals surface area contributed by atoms with Gasteiger partial charge in [-0.05, 0) is 5.56 Å². The fraction of sp³-hybridized carbons (Fsp3) is 0.222. The molecular formula is C9H10BrNO4. The first-order valence-corrected chi connectivity index (χ1v) is 5.03. The highest BCUT2D eigenvalue weighted by Gasteiger charge is 2.03. The van der Waals surface area contributed by atoms with Gasteiger partial charge in [-0.25, -0.2) is 0 Å². The average Bonchev–Trinajstić information content (AvgIpc) is 2.29. The first-order chi connectivity index (χ1) is 7.15. The molecule has 0 aromatic heterocycles. The second-order valence-electron chi connectivity index (χ2n) is 2.39. The molecule has 82 valence electrons. The van der Waals surface area contributed by atoms with Gasteiger partial charge in [-0.1, -0.05) is 28.1 Å². The van der Waals surface area contributed by atoms with E-state index in [-0.39, 0.29) is 5.69 Å². The summed E-state index contributed by atoms with van der Waals surface area (Å²) in [7, 11) is 1.31. The molecule has 0 bridgehead atoms. The maximum absolute atomic E-state index is 10.3. The van der Waals surface area contributed by atoms with E-state index in [1.807, 2.05) is 6.07 Å². The lowest BCUT2D eigenvalue weighted by molar-refractivity contribution is -0.384. The van der Waals surface area contributed by atoms with E-state index in [0.29, 0.717) is 11.8 Å². The van der Waals surface area contributed by atoms with Crippen LogP contribution in [0, 0.1) is 10.1 Å². The number of benzene rings is 1. The van der Waals surface area contributed by atoms with Crippen LogP contribution in [0.4, 0.5) is 5.69 Å². The molecule has 0 aliphatic heterocycles. The Morgan fingerprint density at radius 1 is 1.60 bits per heavy atom. The normalized spacial score (nSPS) is 8.40. The van der Waals surface area contributed by atoms with Crippen LogP contribution < -0.4 is 0 Å². The summed E-state index contributed by atoms with van der Waals surface area (Å²) in [4.78, 5) is 18.8. The minimum atomic E-state index is -0.397. The van der Waals surface area contributed by atoms with Crippen LogP contribution in [-0.2, 0) is 14.9 Å². The van der Waals surface area contributed by atoms with Crippen LogP contribution in [-0.4, -0.2) is 18.5 Å². The zero-order valence-corrected chi connectivity index (χ0v) is 9.64. The second-order valence-corrected chi connectivity index (χ2v) is 2.95. The second kappa shape index (κ2) is 7.93. The Hall–Kier alpha value is -1.43. The van der Waals surface area contributed by atoms with E-state index < -0.39 is 4.92 Å². The Morgan fingerprint density at radius 3 is 2.60 bits per heavy atom. The third-order valence-electron chi connectivity index (χ3n) is 1.37. The molecule has 1 aromatic carbocycles. The number of nitrogens with zero attached hydrogens (tertiary/aromatic N) is 1. The van der Waals surface area contributed by atoms with E-state index in [9.17, 15) is 10.1 Å². The van der Waals surface area contributed by atoms with E-state index >= 15 is 0 Å².